The summed E-state index contributed by atoms with van der Waals surface area (Å²) in [7, 11) is 0. The van der Waals surface area contributed by atoms with Crippen molar-refractivity contribution in [2.75, 3.05) is 44.3 Å². The Labute approximate surface area is 173 Å². The van der Waals surface area contributed by atoms with Crippen LogP contribution in [-0.2, 0) is 4.74 Å². The number of hydrogen-bond acceptors (Lipinski definition) is 5. The Morgan fingerprint density at radius 3 is 2.86 bits per heavy atom. The number of rotatable bonds is 6. The Morgan fingerprint density at radius 1 is 1.29 bits per heavy atom. The van der Waals surface area contributed by atoms with Crippen LogP contribution in [0, 0.1) is 13.8 Å². The molecule has 0 unspecified atom stereocenters. The number of aromatic nitrogens is 1. The third-order valence-corrected chi connectivity index (χ3v) is 7.22. The number of nitrogens with one attached hydrogen (secondary N) is 1. The van der Waals surface area contributed by atoms with E-state index < -0.39 is 0 Å². The van der Waals surface area contributed by atoms with Gasteiger partial charge in [-0.1, -0.05) is 23.5 Å². The Morgan fingerprint density at radius 2 is 2.11 bits per heavy atom. The van der Waals surface area contributed by atoms with E-state index in [9.17, 15) is 4.79 Å². The molecular formula is C21H26N3O2S2+. The molecule has 1 amide bonds. The minimum atomic E-state index is 0.0559. The standard InChI is InChI=1S/C21H25N3O2S2/c1-15-13-16(2)19-17(14-15)22-21(28-19)24(20(25)18-5-3-12-27-18)7-4-6-23-8-10-26-11-9-23/h3,5,12-14H,4,6-11H2,1-2H3/p+1. The quantitative estimate of drug-likeness (QED) is 0.672. The molecule has 1 fully saturated rings. The van der Waals surface area contributed by atoms with Gasteiger partial charge in [0.05, 0.1) is 34.9 Å². The number of fused-ring (bicyclic) bond motifs is 1. The van der Waals surface area contributed by atoms with Crippen LogP contribution in [0.1, 0.15) is 27.2 Å². The van der Waals surface area contributed by atoms with E-state index in [-0.39, 0.29) is 5.91 Å². The molecule has 3 aromatic rings. The van der Waals surface area contributed by atoms with Crippen molar-refractivity contribution < 1.29 is 14.4 Å². The van der Waals surface area contributed by atoms with Crippen LogP contribution < -0.4 is 9.80 Å². The van der Waals surface area contributed by atoms with Crippen molar-refractivity contribution in [2.45, 2.75) is 20.3 Å². The number of quaternary nitrogens is 1. The number of carbonyl (C=O) groups excluding carboxylic acids is 1. The van der Waals surface area contributed by atoms with Crippen LogP contribution in [0.4, 0.5) is 5.13 Å². The van der Waals surface area contributed by atoms with Crippen LogP contribution in [0.5, 0.6) is 0 Å². The van der Waals surface area contributed by atoms with E-state index in [1.54, 1.807) is 16.2 Å². The highest BCUT2D eigenvalue weighted by molar-refractivity contribution is 7.22. The summed E-state index contributed by atoms with van der Waals surface area (Å²) in [5.41, 5.74) is 3.41. The van der Waals surface area contributed by atoms with Gasteiger partial charge in [0.15, 0.2) is 5.13 Å². The number of morpholine rings is 1. The van der Waals surface area contributed by atoms with Crippen LogP contribution in [0.25, 0.3) is 10.2 Å². The maximum atomic E-state index is 13.2. The fraction of sp³-hybridized carbons (Fsp3) is 0.429. The van der Waals surface area contributed by atoms with Crippen molar-refractivity contribution in [2.24, 2.45) is 0 Å². The molecule has 1 aliphatic rings. The van der Waals surface area contributed by atoms with E-state index in [1.807, 2.05) is 22.4 Å². The minimum Gasteiger partial charge on any atom is -0.370 e. The van der Waals surface area contributed by atoms with E-state index in [0.717, 1.165) is 54.8 Å². The molecule has 1 saturated heterocycles. The van der Waals surface area contributed by atoms with Crippen molar-refractivity contribution in [1.82, 2.24) is 4.98 Å². The second-order valence-electron chi connectivity index (χ2n) is 7.33. The maximum Gasteiger partial charge on any atom is 0.270 e. The van der Waals surface area contributed by atoms with Crippen LogP contribution >= 0.6 is 22.7 Å². The van der Waals surface area contributed by atoms with Crippen LogP contribution in [-0.4, -0.2) is 50.3 Å². The number of thiophene rings is 1. The summed E-state index contributed by atoms with van der Waals surface area (Å²) in [6.07, 6.45) is 0.959. The molecule has 0 atom stereocenters. The number of hydrogen-bond donors (Lipinski definition) is 1. The van der Waals surface area contributed by atoms with Crippen molar-refractivity contribution in [3.05, 3.63) is 45.6 Å². The Bertz CT molecular complexity index is 946. The van der Waals surface area contributed by atoms with E-state index in [4.69, 9.17) is 9.72 Å². The zero-order valence-electron chi connectivity index (χ0n) is 16.4. The molecule has 1 aromatic carbocycles. The van der Waals surface area contributed by atoms with Gasteiger partial charge < -0.3 is 9.64 Å². The number of anilines is 1. The molecular weight excluding hydrogens is 390 g/mol. The van der Waals surface area contributed by atoms with Gasteiger partial charge in [-0.15, -0.1) is 11.3 Å². The Hall–Kier alpha value is -1.80. The molecule has 148 valence electrons. The summed E-state index contributed by atoms with van der Waals surface area (Å²) in [6.45, 7) is 9.74. The second kappa shape index (κ2) is 8.69. The molecule has 1 N–H and O–H groups in total. The third-order valence-electron chi connectivity index (χ3n) is 5.13. The molecule has 0 bridgehead atoms. The molecule has 4 rings (SSSR count). The first-order valence-corrected chi connectivity index (χ1v) is 11.5. The summed E-state index contributed by atoms with van der Waals surface area (Å²) in [6, 6.07) is 8.11. The smallest absolute Gasteiger partial charge is 0.270 e. The van der Waals surface area contributed by atoms with E-state index in [2.05, 4.69) is 26.0 Å². The number of amides is 1. The highest BCUT2D eigenvalue weighted by atomic mass is 32.1. The first-order valence-electron chi connectivity index (χ1n) is 9.76. The zero-order valence-corrected chi connectivity index (χ0v) is 18.0. The van der Waals surface area contributed by atoms with E-state index in [1.165, 1.54) is 27.2 Å². The topological polar surface area (TPSA) is 46.9 Å². The molecule has 2 aromatic heterocycles. The average Bonchev–Trinajstić information content (AvgIpc) is 3.35. The average molecular weight is 417 g/mol. The number of carbonyl (C=O) groups is 1. The first kappa shape index (κ1) is 19.5. The van der Waals surface area contributed by atoms with Gasteiger partial charge in [-0.3, -0.25) is 9.69 Å². The van der Waals surface area contributed by atoms with Gasteiger partial charge in [0, 0.05) is 13.0 Å². The summed E-state index contributed by atoms with van der Waals surface area (Å²) >= 11 is 3.12. The molecule has 3 heterocycles. The van der Waals surface area contributed by atoms with Crippen molar-refractivity contribution in [3.8, 4) is 0 Å². The van der Waals surface area contributed by atoms with Crippen LogP contribution in [0.3, 0.4) is 0 Å². The predicted molar refractivity (Wildman–Crippen MR) is 116 cm³/mol. The van der Waals surface area contributed by atoms with Crippen molar-refractivity contribution in [3.63, 3.8) is 0 Å². The SMILES string of the molecule is Cc1cc(C)c2sc(N(CCC[NH+]3CCOCC3)C(=O)c3cccs3)nc2c1. The van der Waals surface area contributed by atoms with Gasteiger partial charge in [0.1, 0.15) is 13.1 Å². The lowest BCUT2D eigenvalue weighted by atomic mass is 10.1. The summed E-state index contributed by atoms with van der Waals surface area (Å²) in [4.78, 5) is 22.2. The van der Waals surface area contributed by atoms with Gasteiger partial charge >= 0.3 is 0 Å². The fourth-order valence-electron chi connectivity index (χ4n) is 3.69. The van der Waals surface area contributed by atoms with Crippen molar-refractivity contribution in [1.29, 1.82) is 0 Å². The monoisotopic (exact) mass is 416 g/mol. The highest BCUT2D eigenvalue weighted by Gasteiger charge is 2.23. The highest BCUT2D eigenvalue weighted by Crippen LogP contribution is 2.33. The first-order chi connectivity index (χ1) is 13.6. The molecule has 28 heavy (non-hydrogen) atoms. The molecule has 7 heteroatoms. The lowest BCUT2D eigenvalue weighted by Crippen LogP contribution is -3.14. The van der Waals surface area contributed by atoms with E-state index in [0.29, 0.717) is 6.54 Å². The second-order valence-corrected chi connectivity index (χ2v) is 9.25. The van der Waals surface area contributed by atoms with Crippen molar-refractivity contribution >= 4 is 43.9 Å². The zero-order chi connectivity index (χ0) is 19.5. The van der Waals surface area contributed by atoms with Gasteiger partial charge in [-0.2, -0.15) is 0 Å². The number of ether oxygens (including phenoxy) is 1. The molecule has 0 saturated carbocycles. The normalized spacial score (nSPS) is 15.2. The number of benzene rings is 1. The largest absolute Gasteiger partial charge is 0.370 e. The fourth-order valence-corrected chi connectivity index (χ4v) is 5.41. The number of nitrogens with zero attached hydrogens (tertiary/aromatic N) is 2. The Kier molecular flexibility index (Phi) is 6.06. The van der Waals surface area contributed by atoms with Gasteiger partial charge in [0.2, 0.25) is 0 Å². The van der Waals surface area contributed by atoms with Crippen LogP contribution in [0.15, 0.2) is 29.6 Å². The van der Waals surface area contributed by atoms with Crippen LogP contribution in [0.2, 0.25) is 0 Å². The lowest BCUT2D eigenvalue weighted by molar-refractivity contribution is -0.908. The number of aryl methyl sites for hydroxylation is 2. The molecule has 0 radical (unpaired) electrons. The summed E-state index contributed by atoms with van der Waals surface area (Å²) in [5.74, 6) is 0.0559. The molecule has 5 nitrogen and oxygen atoms in total. The Balaban J connectivity index is 1.57. The molecule has 0 spiro atoms. The lowest BCUT2D eigenvalue weighted by Gasteiger charge is -2.25. The van der Waals surface area contributed by atoms with Gasteiger partial charge in [0.25, 0.3) is 5.91 Å². The molecule has 1 aliphatic heterocycles. The van der Waals surface area contributed by atoms with E-state index >= 15 is 0 Å². The predicted octanol–water partition coefficient (Wildman–Crippen LogP) is 2.93. The summed E-state index contributed by atoms with van der Waals surface area (Å²) in [5, 5.41) is 2.76. The molecule has 0 aliphatic carbocycles. The third kappa shape index (κ3) is 4.27. The van der Waals surface area contributed by atoms with Gasteiger partial charge in [-0.25, -0.2) is 4.98 Å². The minimum absolute atomic E-state index is 0.0559. The maximum absolute atomic E-state index is 13.2. The number of thiazole rings is 1. The summed E-state index contributed by atoms with van der Waals surface area (Å²) < 4.78 is 6.62. The van der Waals surface area contributed by atoms with Gasteiger partial charge in [-0.05, 0) is 42.5 Å².